The van der Waals surface area contributed by atoms with Gasteiger partial charge in [0.25, 0.3) is 0 Å². The van der Waals surface area contributed by atoms with Crippen LogP contribution in [0.4, 0.5) is 0 Å². The van der Waals surface area contributed by atoms with Gasteiger partial charge < -0.3 is 63.4 Å². The van der Waals surface area contributed by atoms with Crippen molar-refractivity contribution in [2.45, 2.75) is 197 Å². The molecular weight excluding hydrogens is 728 g/mol. The van der Waals surface area contributed by atoms with Crippen molar-refractivity contribution in [3.8, 4) is 0 Å². The second-order valence-electron chi connectivity index (χ2n) is 19.0. The molecule has 8 rings (SSSR count). The first-order chi connectivity index (χ1) is 26.5. The minimum absolute atomic E-state index is 0.0377. The number of methoxy groups -OCH3 is 1. The highest BCUT2D eigenvalue weighted by atomic mass is 16.7. The minimum atomic E-state index is -1.01. The number of rotatable bonds is 8. The maximum atomic E-state index is 12.6. The fraction of sp³-hybridized carbons (Fsp3) is 0.929. The molecule has 0 unspecified atom stereocenters. The molecule has 3 saturated heterocycles. The van der Waals surface area contributed by atoms with Gasteiger partial charge >= 0.3 is 5.97 Å². The fourth-order valence-corrected chi connectivity index (χ4v) is 13.0. The molecule has 0 amide bonds. The molecule has 318 valence electrons. The van der Waals surface area contributed by atoms with Crippen LogP contribution < -0.4 is 0 Å². The van der Waals surface area contributed by atoms with Crippen LogP contribution in [0, 0.1) is 34.5 Å². The zero-order valence-corrected chi connectivity index (χ0v) is 33.9. The second kappa shape index (κ2) is 15.6. The Balaban J connectivity index is 0.834. The van der Waals surface area contributed by atoms with E-state index >= 15 is 0 Å². The quantitative estimate of drug-likeness (QED) is 0.178. The Morgan fingerprint density at radius 1 is 0.732 bits per heavy atom. The molecule has 21 atom stereocenters. The van der Waals surface area contributed by atoms with Gasteiger partial charge in [-0.25, -0.2) is 4.79 Å². The predicted octanol–water partition coefficient (Wildman–Crippen LogP) is 2.87. The SMILES string of the molecule is CO[C@H]1C[C@@H](O[C@@H]2[C@H](O)C[C@@H](O[C@@H]3[C@H](O)C[C@@H](O[C@H]4CC[C@@]5(C)[C@@H](CC[C@H]6[C@H]5C[C@@H](O)[C@]5(C)[C@H](C7=CC(=O)OC7)CC[C@]65O)C4)O[C@@H]3C)O[C@@H]2C)O[C@H](C)[C@@H]1O. The van der Waals surface area contributed by atoms with Gasteiger partial charge in [0.2, 0.25) is 0 Å². The van der Waals surface area contributed by atoms with E-state index in [1.165, 1.54) is 7.11 Å². The largest absolute Gasteiger partial charge is 0.458 e. The Morgan fingerprint density at radius 3 is 1.96 bits per heavy atom. The molecular formula is C42H66O14. The minimum Gasteiger partial charge on any atom is -0.458 e. The average molecular weight is 795 g/mol. The molecule has 0 spiro atoms. The standard InChI is InChI=1S/C42H66O14/c1-20-37(47)31(49-6)18-36(51-20)56-39-22(3)53-35(17-30(39)44)55-38-21(2)52-34(16-29(38)43)54-25-9-11-40(4)24(14-25)7-8-27-28(40)15-32(45)41(5)26(10-12-42(27,41)48)23-13-33(46)50-19-23/h13,20-22,24-32,34-39,43-45,47-48H,7-12,14-19H2,1-6H3/t20-,21-,22-,24+,25+,26+,27+,28-,29-,30-,31+,32-,34-,35-,36-,37+,38+,39+,40+,41+,42+/m1/s1. The van der Waals surface area contributed by atoms with Crippen molar-refractivity contribution in [2.75, 3.05) is 13.7 Å². The molecule has 56 heavy (non-hydrogen) atoms. The molecule has 0 bridgehead atoms. The number of aliphatic hydroxyl groups is 5. The van der Waals surface area contributed by atoms with E-state index < -0.39 is 90.9 Å². The molecule has 14 heteroatoms. The van der Waals surface area contributed by atoms with Crippen LogP contribution in [0.2, 0.25) is 0 Å². The van der Waals surface area contributed by atoms with Crippen molar-refractivity contribution in [3.05, 3.63) is 11.6 Å². The maximum Gasteiger partial charge on any atom is 0.331 e. The summed E-state index contributed by atoms with van der Waals surface area (Å²) >= 11 is 0. The van der Waals surface area contributed by atoms with Gasteiger partial charge in [-0.05, 0) is 107 Å². The van der Waals surface area contributed by atoms with Crippen molar-refractivity contribution in [2.24, 2.45) is 34.5 Å². The summed E-state index contributed by atoms with van der Waals surface area (Å²) in [4.78, 5) is 12.0. The van der Waals surface area contributed by atoms with Crippen molar-refractivity contribution in [1.82, 2.24) is 0 Å². The van der Waals surface area contributed by atoms with Gasteiger partial charge in [-0.1, -0.05) is 13.8 Å². The van der Waals surface area contributed by atoms with Gasteiger partial charge in [-0.3, -0.25) is 0 Å². The van der Waals surface area contributed by atoms with Gasteiger partial charge in [0, 0.05) is 37.9 Å². The van der Waals surface area contributed by atoms with Gasteiger partial charge in [0.1, 0.15) is 24.9 Å². The summed E-state index contributed by atoms with van der Waals surface area (Å²) in [5.41, 5.74) is -0.876. The molecule has 5 N–H and O–H groups in total. The summed E-state index contributed by atoms with van der Waals surface area (Å²) in [7, 11) is 1.54. The first-order valence-corrected chi connectivity index (χ1v) is 21.3. The molecule has 0 aromatic heterocycles. The summed E-state index contributed by atoms with van der Waals surface area (Å²) in [5, 5.41) is 57.2. The Labute approximate surface area is 330 Å². The van der Waals surface area contributed by atoms with E-state index in [2.05, 4.69) is 6.92 Å². The molecule has 0 radical (unpaired) electrons. The van der Waals surface area contributed by atoms with E-state index in [4.69, 9.17) is 37.9 Å². The smallest absolute Gasteiger partial charge is 0.331 e. The van der Waals surface area contributed by atoms with Crippen molar-refractivity contribution >= 4 is 5.97 Å². The van der Waals surface area contributed by atoms with E-state index in [0.717, 1.165) is 44.1 Å². The number of hydrogen-bond donors (Lipinski definition) is 5. The number of ether oxygens (including phenoxy) is 8. The fourth-order valence-electron chi connectivity index (χ4n) is 13.0. The van der Waals surface area contributed by atoms with E-state index in [9.17, 15) is 30.3 Å². The third kappa shape index (κ3) is 7.02. The van der Waals surface area contributed by atoms with E-state index in [1.54, 1.807) is 19.9 Å². The monoisotopic (exact) mass is 794 g/mol. The van der Waals surface area contributed by atoms with Crippen LogP contribution >= 0.6 is 0 Å². The molecule has 7 fully saturated rings. The number of fused-ring (bicyclic) bond motifs is 5. The summed E-state index contributed by atoms with van der Waals surface area (Å²) in [6.07, 6.45) is 0.0983. The van der Waals surface area contributed by atoms with Gasteiger partial charge in [0.15, 0.2) is 18.9 Å². The summed E-state index contributed by atoms with van der Waals surface area (Å²) in [6, 6.07) is 0. The number of hydrogen-bond acceptors (Lipinski definition) is 14. The zero-order chi connectivity index (χ0) is 39.9. The van der Waals surface area contributed by atoms with Crippen LogP contribution in [0.3, 0.4) is 0 Å². The van der Waals surface area contributed by atoms with Gasteiger partial charge in [0.05, 0.1) is 54.4 Å². The van der Waals surface area contributed by atoms with Crippen LogP contribution in [0.5, 0.6) is 0 Å². The molecule has 8 aliphatic rings. The molecule has 0 aromatic carbocycles. The lowest BCUT2D eigenvalue weighted by atomic mass is 9.42. The summed E-state index contributed by atoms with van der Waals surface area (Å²) < 4.78 is 47.9. The van der Waals surface area contributed by atoms with E-state index in [1.807, 2.05) is 13.8 Å². The Morgan fingerprint density at radius 2 is 1.36 bits per heavy atom. The molecule has 4 aliphatic heterocycles. The predicted molar refractivity (Wildman–Crippen MR) is 197 cm³/mol. The second-order valence-corrected chi connectivity index (χ2v) is 19.0. The molecule has 4 aliphatic carbocycles. The number of esters is 1. The highest BCUT2D eigenvalue weighted by molar-refractivity contribution is 5.85. The van der Waals surface area contributed by atoms with Crippen molar-refractivity contribution in [1.29, 1.82) is 0 Å². The highest BCUT2D eigenvalue weighted by Crippen LogP contribution is 2.70. The first kappa shape index (κ1) is 41.5. The van der Waals surface area contributed by atoms with Crippen LogP contribution in [-0.4, -0.2) is 137 Å². The molecule has 14 nitrogen and oxygen atoms in total. The third-order valence-corrected chi connectivity index (χ3v) is 16.2. The van der Waals surface area contributed by atoms with Crippen LogP contribution in [0.1, 0.15) is 105 Å². The Bertz CT molecular complexity index is 1440. The lowest BCUT2D eigenvalue weighted by Crippen LogP contribution is -2.67. The lowest BCUT2D eigenvalue weighted by Gasteiger charge is -2.65. The van der Waals surface area contributed by atoms with Crippen LogP contribution in [0.15, 0.2) is 11.6 Å². The Kier molecular flexibility index (Phi) is 11.6. The van der Waals surface area contributed by atoms with Crippen molar-refractivity contribution < 1.29 is 68.2 Å². The third-order valence-electron chi connectivity index (χ3n) is 16.2. The maximum absolute atomic E-state index is 12.6. The molecule has 4 heterocycles. The zero-order valence-electron chi connectivity index (χ0n) is 33.9. The van der Waals surface area contributed by atoms with E-state index in [-0.39, 0.29) is 54.7 Å². The van der Waals surface area contributed by atoms with Crippen LogP contribution in [0.25, 0.3) is 0 Å². The normalized spacial score (nSPS) is 54.8. The molecule has 0 aromatic rings. The topological polar surface area (TPSA) is 192 Å². The number of cyclic esters (lactones) is 1. The van der Waals surface area contributed by atoms with Gasteiger partial charge in [-0.15, -0.1) is 0 Å². The van der Waals surface area contributed by atoms with Gasteiger partial charge in [-0.2, -0.15) is 0 Å². The average Bonchev–Trinajstić information content (AvgIpc) is 3.70. The van der Waals surface area contributed by atoms with Crippen LogP contribution in [-0.2, 0) is 42.7 Å². The van der Waals surface area contributed by atoms with Crippen molar-refractivity contribution in [3.63, 3.8) is 0 Å². The molecule has 4 saturated carbocycles. The number of carbonyl (C=O) groups excluding carboxylic acids is 1. The number of carbonyl (C=O) groups is 1. The first-order valence-electron chi connectivity index (χ1n) is 21.3. The Hall–Kier alpha value is -1.27. The lowest BCUT2D eigenvalue weighted by molar-refractivity contribution is -0.336. The highest BCUT2D eigenvalue weighted by Gasteiger charge is 2.71. The summed E-state index contributed by atoms with van der Waals surface area (Å²) in [5.74, 6) is 0.225. The number of aliphatic hydroxyl groups excluding tert-OH is 4. The van der Waals surface area contributed by atoms with E-state index in [0.29, 0.717) is 25.2 Å². The summed E-state index contributed by atoms with van der Waals surface area (Å²) in [6.45, 7) is 10.1.